The molecule has 0 aliphatic heterocycles. The first-order valence-electron chi connectivity index (χ1n) is 4.26. The maximum Gasteiger partial charge on any atom is 0.190 e. The minimum Gasteiger partial charge on any atom is -0.488 e. The van der Waals surface area contributed by atoms with Gasteiger partial charge in [0.2, 0.25) is 0 Å². The molecule has 1 aromatic carbocycles. The van der Waals surface area contributed by atoms with Crippen molar-refractivity contribution in [3.05, 3.63) is 29.8 Å². The van der Waals surface area contributed by atoms with Crippen LogP contribution in [0.4, 0.5) is 8.78 Å². The molecule has 0 fully saturated rings. The molecule has 0 saturated heterocycles. The molecule has 0 aliphatic carbocycles. The van der Waals surface area contributed by atoms with Crippen molar-refractivity contribution in [1.29, 1.82) is 0 Å². The lowest BCUT2D eigenvalue weighted by Gasteiger charge is -2.06. The zero-order valence-corrected chi connectivity index (χ0v) is 7.59. The molecule has 1 aromatic rings. The Labute approximate surface area is 81.7 Å². The van der Waals surface area contributed by atoms with E-state index in [2.05, 4.69) is 5.92 Å². The highest BCUT2D eigenvalue weighted by atomic mass is 19.1. The third-order valence-electron chi connectivity index (χ3n) is 1.63. The van der Waals surface area contributed by atoms with Crippen molar-refractivity contribution in [2.45, 2.75) is 12.8 Å². The second kappa shape index (κ2) is 5.23. The van der Waals surface area contributed by atoms with Crippen molar-refractivity contribution in [1.82, 2.24) is 0 Å². The van der Waals surface area contributed by atoms with Gasteiger partial charge in [-0.05, 0) is 18.6 Å². The predicted molar refractivity (Wildman–Crippen MR) is 49.9 cm³/mol. The molecule has 14 heavy (non-hydrogen) atoms. The van der Waals surface area contributed by atoms with Gasteiger partial charge < -0.3 is 4.74 Å². The van der Waals surface area contributed by atoms with Crippen LogP contribution in [0.15, 0.2) is 18.2 Å². The van der Waals surface area contributed by atoms with E-state index in [1.807, 2.05) is 0 Å². The summed E-state index contributed by atoms with van der Waals surface area (Å²) in [6.07, 6.45) is 6.14. The molecule has 0 amide bonds. The van der Waals surface area contributed by atoms with Crippen LogP contribution in [0.3, 0.4) is 0 Å². The third kappa shape index (κ3) is 2.74. The van der Waals surface area contributed by atoms with Crippen LogP contribution in [0, 0.1) is 24.0 Å². The zero-order valence-electron chi connectivity index (χ0n) is 7.59. The van der Waals surface area contributed by atoms with Crippen LogP contribution in [0.1, 0.15) is 12.8 Å². The summed E-state index contributed by atoms with van der Waals surface area (Å²) in [7, 11) is 0. The van der Waals surface area contributed by atoms with Crippen molar-refractivity contribution in [2.24, 2.45) is 0 Å². The molecule has 0 N–H and O–H groups in total. The Hall–Kier alpha value is -1.56. The van der Waals surface area contributed by atoms with E-state index in [-0.39, 0.29) is 12.4 Å². The Bertz CT molecular complexity index is 321. The van der Waals surface area contributed by atoms with Crippen LogP contribution in [0.2, 0.25) is 0 Å². The average Bonchev–Trinajstić information content (AvgIpc) is 2.16. The van der Waals surface area contributed by atoms with Gasteiger partial charge >= 0.3 is 0 Å². The Morgan fingerprint density at radius 1 is 1.29 bits per heavy atom. The molecule has 0 aliphatic rings. The maximum absolute atomic E-state index is 13.0. The first kappa shape index (κ1) is 10.5. The van der Waals surface area contributed by atoms with E-state index in [4.69, 9.17) is 11.2 Å². The minimum absolute atomic E-state index is 0.224. The Kier molecular flexibility index (Phi) is 3.93. The monoisotopic (exact) mass is 196 g/mol. The van der Waals surface area contributed by atoms with Crippen molar-refractivity contribution in [2.75, 3.05) is 6.61 Å². The average molecular weight is 196 g/mol. The summed E-state index contributed by atoms with van der Waals surface area (Å²) in [5, 5.41) is 0. The number of terminal acetylenes is 1. The SMILES string of the molecule is C#CCCCOc1c(F)cccc1F. The van der Waals surface area contributed by atoms with Crippen LogP contribution in [-0.4, -0.2) is 6.61 Å². The van der Waals surface area contributed by atoms with Gasteiger partial charge in [-0.25, -0.2) is 8.78 Å². The summed E-state index contributed by atoms with van der Waals surface area (Å²) < 4.78 is 30.8. The van der Waals surface area contributed by atoms with E-state index in [1.54, 1.807) is 0 Å². The smallest absolute Gasteiger partial charge is 0.190 e. The van der Waals surface area contributed by atoms with E-state index in [9.17, 15) is 8.78 Å². The van der Waals surface area contributed by atoms with Crippen LogP contribution >= 0.6 is 0 Å². The van der Waals surface area contributed by atoms with Gasteiger partial charge in [-0.3, -0.25) is 0 Å². The van der Waals surface area contributed by atoms with E-state index < -0.39 is 11.6 Å². The number of hydrogen-bond donors (Lipinski definition) is 0. The van der Waals surface area contributed by atoms with E-state index in [1.165, 1.54) is 6.07 Å². The fourth-order valence-corrected chi connectivity index (χ4v) is 0.969. The van der Waals surface area contributed by atoms with E-state index >= 15 is 0 Å². The summed E-state index contributed by atoms with van der Waals surface area (Å²) in [6, 6.07) is 3.60. The second-order valence-electron chi connectivity index (χ2n) is 2.71. The molecule has 74 valence electrons. The molecule has 0 spiro atoms. The second-order valence-corrected chi connectivity index (χ2v) is 2.71. The molecule has 0 unspecified atom stereocenters. The van der Waals surface area contributed by atoms with E-state index in [0.717, 1.165) is 12.1 Å². The molecule has 0 bridgehead atoms. The highest BCUT2D eigenvalue weighted by molar-refractivity contribution is 5.25. The molecular formula is C11H10F2O. The molecule has 1 nitrogen and oxygen atoms in total. The molecule has 3 heteroatoms. The number of halogens is 2. The minimum atomic E-state index is -0.689. The summed E-state index contributed by atoms with van der Waals surface area (Å²) in [5.41, 5.74) is 0. The van der Waals surface area contributed by atoms with Gasteiger partial charge in [-0.2, -0.15) is 0 Å². The zero-order chi connectivity index (χ0) is 10.4. The normalized spacial score (nSPS) is 9.50. The Balaban J connectivity index is 2.54. The summed E-state index contributed by atoms with van der Waals surface area (Å²) >= 11 is 0. The maximum atomic E-state index is 13.0. The van der Waals surface area contributed by atoms with Crippen LogP contribution in [0.25, 0.3) is 0 Å². The molecular weight excluding hydrogens is 186 g/mol. The lowest BCUT2D eigenvalue weighted by atomic mass is 10.3. The van der Waals surface area contributed by atoms with Crippen molar-refractivity contribution < 1.29 is 13.5 Å². The third-order valence-corrected chi connectivity index (χ3v) is 1.63. The van der Waals surface area contributed by atoms with Crippen molar-refractivity contribution in [3.63, 3.8) is 0 Å². The van der Waals surface area contributed by atoms with Gasteiger partial charge in [-0.1, -0.05) is 6.07 Å². The number of unbranched alkanes of at least 4 members (excludes halogenated alkanes) is 1. The van der Waals surface area contributed by atoms with Crippen molar-refractivity contribution >= 4 is 0 Å². The number of benzene rings is 1. The summed E-state index contributed by atoms with van der Waals surface area (Å²) in [4.78, 5) is 0. The number of para-hydroxylation sites is 1. The van der Waals surface area contributed by atoms with Gasteiger partial charge in [0, 0.05) is 6.42 Å². The number of hydrogen-bond acceptors (Lipinski definition) is 1. The first-order chi connectivity index (χ1) is 6.75. The van der Waals surface area contributed by atoms with Gasteiger partial charge in [-0.15, -0.1) is 12.3 Å². The van der Waals surface area contributed by atoms with Gasteiger partial charge in [0.25, 0.3) is 0 Å². The highest BCUT2D eigenvalue weighted by Crippen LogP contribution is 2.20. The molecule has 0 aromatic heterocycles. The van der Waals surface area contributed by atoms with Crippen LogP contribution < -0.4 is 4.74 Å². The molecule has 0 radical (unpaired) electrons. The van der Waals surface area contributed by atoms with Crippen LogP contribution in [0.5, 0.6) is 5.75 Å². The molecule has 1 rings (SSSR count). The summed E-state index contributed by atoms with van der Waals surface area (Å²) in [6.45, 7) is 0.224. The van der Waals surface area contributed by atoms with Crippen LogP contribution in [-0.2, 0) is 0 Å². The Morgan fingerprint density at radius 3 is 2.50 bits per heavy atom. The lowest BCUT2D eigenvalue weighted by molar-refractivity contribution is 0.281. The fraction of sp³-hybridized carbons (Fsp3) is 0.273. The van der Waals surface area contributed by atoms with Gasteiger partial charge in [0.05, 0.1) is 6.61 Å². The lowest BCUT2D eigenvalue weighted by Crippen LogP contribution is -2.00. The topological polar surface area (TPSA) is 9.23 Å². The standard InChI is InChI=1S/C11H10F2O/c1-2-3-4-8-14-11-9(12)6-5-7-10(11)13/h1,5-7H,3-4,8H2. The largest absolute Gasteiger partial charge is 0.488 e. The molecule has 0 heterocycles. The number of ether oxygens (including phenoxy) is 1. The predicted octanol–water partition coefficient (Wildman–Crippen LogP) is 2.76. The molecule has 0 atom stereocenters. The Morgan fingerprint density at radius 2 is 1.93 bits per heavy atom. The first-order valence-corrected chi connectivity index (χ1v) is 4.26. The van der Waals surface area contributed by atoms with Gasteiger partial charge in [0.15, 0.2) is 17.4 Å². The quantitative estimate of drug-likeness (QED) is 0.531. The summed E-state index contributed by atoms with van der Waals surface area (Å²) in [5.74, 6) is 0.708. The van der Waals surface area contributed by atoms with E-state index in [0.29, 0.717) is 12.8 Å². The van der Waals surface area contributed by atoms with Crippen molar-refractivity contribution in [3.8, 4) is 18.1 Å². The van der Waals surface area contributed by atoms with Gasteiger partial charge in [0.1, 0.15) is 0 Å². The fourth-order valence-electron chi connectivity index (χ4n) is 0.969. The number of rotatable bonds is 4. The molecule has 0 saturated carbocycles. The highest BCUT2D eigenvalue weighted by Gasteiger charge is 2.08.